The van der Waals surface area contributed by atoms with Crippen LogP contribution in [0, 0.1) is 17.5 Å². The van der Waals surface area contributed by atoms with Gasteiger partial charge in [-0.15, -0.1) is 0 Å². The highest BCUT2D eigenvalue weighted by molar-refractivity contribution is 5.85. The standard InChI is InChI=1S/C25H27F6N3O2.C2H6/c26-7-1-8-32-9-11-36-20-5-4-18(28)21(22(20)29)24-23-17(6-10-34(24)13-25(30,31)14-35)16-3-2-15(27)12-19(16)33-23;1-2/h2-5,12,24,32-33,35H,1,6-11,13-14H2;1-2H3. The Hall–Kier alpha value is -2.76. The summed E-state index contributed by atoms with van der Waals surface area (Å²) in [5, 5.41) is 12.7. The number of aromatic amines is 1. The minimum absolute atomic E-state index is 0.0160. The number of rotatable bonds is 11. The molecule has 0 amide bonds. The Morgan fingerprint density at radius 3 is 2.61 bits per heavy atom. The average Bonchev–Trinajstić information content (AvgIpc) is 3.26. The van der Waals surface area contributed by atoms with Crippen molar-refractivity contribution < 1.29 is 36.2 Å². The molecule has 0 spiro atoms. The third kappa shape index (κ3) is 6.62. The van der Waals surface area contributed by atoms with E-state index in [9.17, 15) is 17.6 Å². The number of alkyl halides is 3. The van der Waals surface area contributed by atoms with Crippen LogP contribution in [0.3, 0.4) is 0 Å². The van der Waals surface area contributed by atoms with Crippen LogP contribution in [-0.4, -0.2) is 67.0 Å². The number of aromatic nitrogens is 1. The van der Waals surface area contributed by atoms with Crippen molar-refractivity contribution in [2.24, 2.45) is 0 Å². The summed E-state index contributed by atoms with van der Waals surface area (Å²) in [4.78, 5) is 4.18. The molecule has 1 aliphatic rings. The maximum atomic E-state index is 15.7. The van der Waals surface area contributed by atoms with Crippen LogP contribution in [0.1, 0.15) is 43.1 Å². The lowest BCUT2D eigenvalue weighted by atomic mass is 9.91. The van der Waals surface area contributed by atoms with Gasteiger partial charge in [0.05, 0.1) is 24.8 Å². The third-order valence-electron chi connectivity index (χ3n) is 6.24. The first kappa shape index (κ1) is 29.8. The Kier molecular flexibility index (Phi) is 10.5. The topological polar surface area (TPSA) is 60.5 Å². The predicted octanol–water partition coefficient (Wildman–Crippen LogP) is 5.51. The molecule has 2 aromatic carbocycles. The number of aliphatic hydroxyl groups is 1. The maximum absolute atomic E-state index is 15.7. The lowest BCUT2D eigenvalue weighted by molar-refractivity contribution is -0.0792. The van der Waals surface area contributed by atoms with Crippen LogP contribution >= 0.6 is 0 Å². The molecule has 0 saturated carbocycles. The number of H-pyrrole nitrogens is 1. The van der Waals surface area contributed by atoms with E-state index in [1.807, 2.05) is 13.8 Å². The summed E-state index contributed by atoms with van der Waals surface area (Å²) in [6, 6.07) is 4.86. The summed E-state index contributed by atoms with van der Waals surface area (Å²) in [7, 11) is 0. The quantitative estimate of drug-likeness (QED) is 0.220. The molecule has 3 aromatic rings. The number of nitrogens with zero attached hydrogens (tertiary/aromatic N) is 1. The molecule has 1 aromatic heterocycles. The van der Waals surface area contributed by atoms with Crippen molar-refractivity contribution >= 4 is 10.9 Å². The van der Waals surface area contributed by atoms with Gasteiger partial charge in [0.25, 0.3) is 5.92 Å². The molecule has 210 valence electrons. The molecule has 11 heteroatoms. The van der Waals surface area contributed by atoms with Crippen LogP contribution in [-0.2, 0) is 6.42 Å². The molecule has 1 atom stereocenters. The van der Waals surface area contributed by atoms with Gasteiger partial charge in [-0.2, -0.15) is 0 Å². The maximum Gasteiger partial charge on any atom is 0.283 e. The number of aliphatic hydroxyl groups excluding tert-OH is 1. The molecular weight excluding hydrogens is 512 g/mol. The van der Waals surface area contributed by atoms with Crippen LogP contribution in [0.25, 0.3) is 10.9 Å². The predicted molar refractivity (Wildman–Crippen MR) is 134 cm³/mol. The smallest absolute Gasteiger partial charge is 0.283 e. The highest BCUT2D eigenvalue weighted by Gasteiger charge is 2.41. The highest BCUT2D eigenvalue weighted by atomic mass is 19.3. The first-order valence-electron chi connectivity index (χ1n) is 12.7. The number of halogens is 6. The number of nitrogens with one attached hydrogen (secondary N) is 2. The molecule has 4 rings (SSSR count). The molecule has 2 heterocycles. The number of hydrogen-bond acceptors (Lipinski definition) is 4. The van der Waals surface area contributed by atoms with Crippen molar-refractivity contribution in [1.82, 2.24) is 15.2 Å². The summed E-state index contributed by atoms with van der Waals surface area (Å²) in [6.45, 7) is 1.91. The Morgan fingerprint density at radius 1 is 1.13 bits per heavy atom. The van der Waals surface area contributed by atoms with E-state index < -0.39 is 54.8 Å². The molecule has 1 aliphatic heterocycles. The van der Waals surface area contributed by atoms with E-state index in [0.717, 1.165) is 12.1 Å². The summed E-state index contributed by atoms with van der Waals surface area (Å²) in [6.07, 6.45) is 0.602. The molecule has 5 nitrogen and oxygen atoms in total. The van der Waals surface area contributed by atoms with Crippen LogP contribution in [0.5, 0.6) is 5.75 Å². The zero-order chi connectivity index (χ0) is 27.9. The van der Waals surface area contributed by atoms with Crippen LogP contribution in [0.4, 0.5) is 26.3 Å². The van der Waals surface area contributed by atoms with Crippen molar-refractivity contribution in [3.8, 4) is 5.75 Å². The Balaban J connectivity index is 0.00000195. The number of benzene rings is 2. The van der Waals surface area contributed by atoms with Gasteiger partial charge in [0, 0.05) is 29.7 Å². The molecule has 3 N–H and O–H groups in total. The molecule has 0 radical (unpaired) electrons. The van der Waals surface area contributed by atoms with Gasteiger partial charge < -0.3 is 20.1 Å². The fraction of sp³-hybridized carbons (Fsp3) is 0.481. The molecule has 38 heavy (non-hydrogen) atoms. The normalized spacial score (nSPS) is 15.8. The van der Waals surface area contributed by atoms with E-state index in [4.69, 9.17) is 9.84 Å². The molecule has 1 unspecified atom stereocenters. The first-order chi connectivity index (χ1) is 18.3. The summed E-state index contributed by atoms with van der Waals surface area (Å²) in [5.74, 6) is -6.30. The molecule has 0 fully saturated rings. The van der Waals surface area contributed by atoms with Gasteiger partial charge >= 0.3 is 0 Å². The summed E-state index contributed by atoms with van der Waals surface area (Å²) in [5.41, 5.74) is 0.826. The molecule has 0 aliphatic carbocycles. The zero-order valence-corrected chi connectivity index (χ0v) is 21.4. The Labute approximate surface area is 217 Å². The van der Waals surface area contributed by atoms with Crippen molar-refractivity contribution in [2.45, 2.75) is 38.7 Å². The zero-order valence-electron chi connectivity index (χ0n) is 21.4. The Bertz CT molecular complexity index is 1200. The fourth-order valence-corrected chi connectivity index (χ4v) is 4.62. The molecule has 0 saturated heterocycles. The Morgan fingerprint density at radius 2 is 1.89 bits per heavy atom. The van der Waals surface area contributed by atoms with Crippen molar-refractivity contribution in [3.63, 3.8) is 0 Å². The highest BCUT2D eigenvalue weighted by Crippen LogP contribution is 2.42. The van der Waals surface area contributed by atoms with E-state index >= 15 is 8.78 Å². The number of hydrogen-bond donors (Lipinski definition) is 3. The largest absolute Gasteiger partial charge is 0.489 e. The second-order valence-corrected chi connectivity index (χ2v) is 8.76. The van der Waals surface area contributed by atoms with Gasteiger partial charge in [-0.25, -0.2) is 22.0 Å². The van der Waals surface area contributed by atoms with Gasteiger partial charge in [-0.05, 0) is 55.3 Å². The van der Waals surface area contributed by atoms with E-state index in [0.29, 0.717) is 36.0 Å². The van der Waals surface area contributed by atoms with Crippen LogP contribution in [0.15, 0.2) is 30.3 Å². The fourth-order valence-electron chi connectivity index (χ4n) is 4.62. The SMILES string of the molecule is CC.OCC(F)(F)CN1CCc2c([nH]c3cc(F)ccc23)C1c1c(F)ccc(OCCNCCCF)c1F. The van der Waals surface area contributed by atoms with E-state index in [1.165, 1.54) is 23.1 Å². The minimum atomic E-state index is -3.51. The third-order valence-corrected chi connectivity index (χ3v) is 6.24. The summed E-state index contributed by atoms with van der Waals surface area (Å²) < 4.78 is 90.8. The minimum Gasteiger partial charge on any atom is -0.489 e. The molecule has 0 bridgehead atoms. The second-order valence-electron chi connectivity index (χ2n) is 8.76. The van der Waals surface area contributed by atoms with Crippen LogP contribution in [0.2, 0.25) is 0 Å². The summed E-state index contributed by atoms with van der Waals surface area (Å²) >= 11 is 0. The van der Waals surface area contributed by atoms with Crippen molar-refractivity contribution in [3.05, 3.63) is 64.6 Å². The first-order valence-corrected chi connectivity index (χ1v) is 12.7. The molecular formula is C27H33F6N3O2. The second kappa shape index (κ2) is 13.3. The van der Waals surface area contributed by atoms with Crippen molar-refractivity contribution in [2.75, 3.05) is 46.1 Å². The number of ether oxygens (including phenoxy) is 1. The van der Waals surface area contributed by atoms with Crippen LogP contribution < -0.4 is 10.1 Å². The number of fused-ring (bicyclic) bond motifs is 3. The van der Waals surface area contributed by atoms with E-state index in [-0.39, 0.29) is 31.0 Å². The van der Waals surface area contributed by atoms with E-state index in [1.54, 1.807) is 0 Å². The van der Waals surface area contributed by atoms with Gasteiger partial charge in [0.1, 0.15) is 24.8 Å². The lowest BCUT2D eigenvalue weighted by Gasteiger charge is -2.38. The average molecular weight is 546 g/mol. The monoisotopic (exact) mass is 545 g/mol. The van der Waals surface area contributed by atoms with Gasteiger partial charge in [0.2, 0.25) is 0 Å². The van der Waals surface area contributed by atoms with Gasteiger partial charge in [-0.3, -0.25) is 9.29 Å². The van der Waals surface area contributed by atoms with Gasteiger partial charge in [0.15, 0.2) is 11.6 Å². The van der Waals surface area contributed by atoms with Gasteiger partial charge in [-0.1, -0.05) is 13.8 Å². The van der Waals surface area contributed by atoms with E-state index in [2.05, 4.69) is 10.3 Å². The lowest BCUT2D eigenvalue weighted by Crippen LogP contribution is -2.45. The van der Waals surface area contributed by atoms with Crippen molar-refractivity contribution in [1.29, 1.82) is 0 Å².